The van der Waals surface area contributed by atoms with Gasteiger partial charge in [0.25, 0.3) is 0 Å². The van der Waals surface area contributed by atoms with Gasteiger partial charge >= 0.3 is 5.97 Å². The number of ether oxygens (including phenoxy) is 1. The highest BCUT2D eigenvalue weighted by Gasteiger charge is 2.22. The van der Waals surface area contributed by atoms with Gasteiger partial charge in [-0.15, -0.1) is 0 Å². The Morgan fingerprint density at radius 1 is 1.27 bits per heavy atom. The molecule has 0 bridgehead atoms. The second kappa shape index (κ2) is 9.66. The van der Waals surface area contributed by atoms with Crippen molar-refractivity contribution in [2.75, 3.05) is 18.2 Å². The molecule has 10 heteroatoms. The first-order valence-corrected chi connectivity index (χ1v) is 8.79. The first-order valence-electron chi connectivity index (χ1n) is 7.80. The highest BCUT2D eigenvalue weighted by atomic mass is 32.2. The number of methoxy groups -OCH3 is 1. The van der Waals surface area contributed by atoms with Gasteiger partial charge in [-0.1, -0.05) is 47.2 Å². The first kappa shape index (κ1) is 19.6. The Balaban J connectivity index is 2.09. The van der Waals surface area contributed by atoms with E-state index in [-0.39, 0.29) is 23.5 Å². The van der Waals surface area contributed by atoms with Gasteiger partial charge in [-0.05, 0) is 22.4 Å². The minimum Gasteiger partial charge on any atom is -0.468 e. The van der Waals surface area contributed by atoms with E-state index < -0.39 is 11.9 Å². The molecule has 9 nitrogen and oxygen atoms in total. The monoisotopic (exact) mass is 377 g/mol. The largest absolute Gasteiger partial charge is 0.468 e. The Labute approximate surface area is 154 Å². The van der Waals surface area contributed by atoms with Crippen LogP contribution in [-0.4, -0.2) is 50.1 Å². The fourth-order valence-electron chi connectivity index (χ4n) is 2.14. The van der Waals surface area contributed by atoms with Gasteiger partial charge in [-0.2, -0.15) is 0 Å². The van der Waals surface area contributed by atoms with Crippen molar-refractivity contribution in [1.82, 2.24) is 20.2 Å². The molecule has 0 radical (unpaired) electrons. The number of anilines is 1. The third-order valence-electron chi connectivity index (χ3n) is 3.46. The SMILES string of the molecule is COC(=O)Cn1nnnc1NC(=O)C(CSC(C)=O)Cc1ccccc1. The highest BCUT2D eigenvalue weighted by Crippen LogP contribution is 2.17. The number of tetrazole rings is 1. The lowest BCUT2D eigenvalue weighted by molar-refractivity contribution is -0.141. The predicted octanol–water partition coefficient (Wildman–Crippen LogP) is 0.923. The van der Waals surface area contributed by atoms with E-state index in [1.807, 2.05) is 30.3 Å². The molecule has 2 aromatic rings. The molecule has 1 heterocycles. The van der Waals surface area contributed by atoms with Crippen molar-refractivity contribution in [3.63, 3.8) is 0 Å². The van der Waals surface area contributed by atoms with Gasteiger partial charge in [-0.3, -0.25) is 19.7 Å². The number of thioether (sulfide) groups is 1. The Morgan fingerprint density at radius 2 is 2.00 bits per heavy atom. The molecule has 0 fully saturated rings. The molecule has 1 aromatic heterocycles. The molecule has 2 rings (SSSR count). The predicted molar refractivity (Wildman–Crippen MR) is 95.2 cm³/mol. The third kappa shape index (κ3) is 5.96. The molecule has 1 unspecified atom stereocenters. The van der Waals surface area contributed by atoms with E-state index in [0.717, 1.165) is 22.0 Å². The van der Waals surface area contributed by atoms with Crippen LogP contribution in [0.1, 0.15) is 12.5 Å². The molecule has 26 heavy (non-hydrogen) atoms. The maximum atomic E-state index is 12.7. The molecule has 138 valence electrons. The molecule has 0 aliphatic heterocycles. The van der Waals surface area contributed by atoms with Gasteiger partial charge in [0, 0.05) is 12.7 Å². The molecule has 1 atom stereocenters. The highest BCUT2D eigenvalue weighted by molar-refractivity contribution is 8.13. The second-order valence-electron chi connectivity index (χ2n) is 5.41. The van der Waals surface area contributed by atoms with Gasteiger partial charge in [0.05, 0.1) is 13.0 Å². The van der Waals surface area contributed by atoms with Crippen molar-refractivity contribution in [3.8, 4) is 0 Å². The number of carbonyl (C=O) groups excluding carboxylic acids is 3. The first-order chi connectivity index (χ1) is 12.5. The number of esters is 1. The minimum absolute atomic E-state index is 0.0475. The molecule has 0 aliphatic rings. The number of nitrogens with one attached hydrogen (secondary N) is 1. The summed E-state index contributed by atoms with van der Waals surface area (Å²) in [5, 5.41) is 13.4. The summed E-state index contributed by atoms with van der Waals surface area (Å²) in [6, 6.07) is 9.50. The summed E-state index contributed by atoms with van der Waals surface area (Å²) >= 11 is 1.09. The standard InChI is InChI=1S/C16H19N5O4S/c1-11(22)26-10-13(8-12-6-4-3-5-7-12)15(24)17-16-18-19-20-21(16)9-14(23)25-2/h3-7,13H,8-10H2,1-2H3,(H,17,18,20,24). The fraction of sp³-hybridized carbons (Fsp3) is 0.375. The van der Waals surface area contributed by atoms with Gasteiger partial charge < -0.3 is 4.74 Å². The Morgan fingerprint density at radius 3 is 2.65 bits per heavy atom. The van der Waals surface area contributed by atoms with Crippen LogP contribution in [0.4, 0.5) is 5.95 Å². The summed E-state index contributed by atoms with van der Waals surface area (Å²) < 4.78 is 5.71. The van der Waals surface area contributed by atoms with Crippen LogP contribution in [0.25, 0.3) is 0 Å². The number of carbonyl (C=O) groups is 3. The van der Waals surface area contributed by atoms with Crippen LogP contribution in [0.2, 0.25) is 0 Å². The molecular formula is C16H19N5O4S. The van der Waals surface area contributed by atoms with E-state index in [4.69, 9.17) is 0 Å². The molecule has 0 spiro atoms. The van der Waals surface area contributed by atoms with E-state index in [1.165, 1.54) is 14.0 Å². The lowest BCUT2D eigenvalue weighted by Crippen LogP contribution is -2.29. The van der Waals surface area contributed by atoms with E-state index in [1.54, 1.807) is 0 Å². The maximum Gasteiger partial charge on any atom is 0.327 e. The average molecular weight is 377 g/mol. The molecule has 1 N–H and O–H groups in total. The van der Waals surface area contributed by atoms with Gasteiger partial charge in [-0.25, -0.2) is 4.68 Å². The minimum atomic E-state index is -0.541. The summed E-state index contributed by atoms with van der Waals surface area (Å²) in [5.41, 5.74) is 0.978. The van der Waals surface area contributed by atoms with Crippen LogP contribution in [0.15, 0.2) is 30.3 Å². The smallest absolute Gasteiger partial charge is 0.327 e. The van der Waals surface area contributed by atoms with E-state index in [9.17, 15) is 14.4 Å². The zero-order valence-electron chi connectivity index (χ0n) is 14.4. The molecule has 0 saturated carbocycles. The Kier molecular flexibility index (Phi) is 7.27. The lowest BCUT2D eigenvalue weighted by Gasteiger charge is -2.15. The molecule has 1 aromatic carbocycles. The number of benzene rings is 1. The van der Waals surface area contributed by atoms with Crippen LogP contribution in [0.5, 0.6) is 0 Å². The normalized spacial score (nSPS) is 11.6. The number of nitrogens with zero attached hydrogens (tertiary/aromatic N) is 4. The van der Waals surface area contributed by atoms with Gasteiger partial charge in [0.1, 0.15) is 6.54 Å². The lowest BCUT2D eigenvalue weighted by atomic mass is 10.0. The second-order valence-corrected chi connectivity index (χ2v) is 6.61. The summed E-state index contributed by atoms with van der Waals surface area (Å²) in [6.45, 7) is 1.24. The van der Waals surface area contributed by atoms with Gasteiger partial charge in [0.2, 0.25) is 11.9 Å². The zero-order valence-corrected chi connectivity index (χ0v) is 15.2. The third-order valence-corrected chi connectivity index (χ3v) is 4.43. The summed E-state index contributed by atoms with van der Waals surface area (Å²) in [7, 11) is 1.25. The number of hydrogen-bond donors (Lipinski definition) is 1. The van der Waals surface area contributed by atoms with E-state index in [0.29, 0.717) is 12.2 Å². The van der Waals surface area contributed by atoms with Crippen molar-refractivity contribution in [1.29, 1.82) is 0 Å². The maximum absolute atomic E-state index is 12.7. The molecule has 1 amide bonds. The van der Waals surface area contributed by atoms with Crippen molar-refractivity contribution >= 4 is 34.7 Å². The molecule has 0 saturated heterocycles. The van der Waals surface area contributed by atoms with Crippen LogP contribution in [0.3, 0.4) is 0 Å². The Bertz CT molecular complexity index is 765. The summed E-state index contributed by atoms with van der Waals surface area (Å²) in [6.07, 6.45) is 0.464. The zero-order chi connectivity index (χ0) is 18.9. The van der Waals surface area contributed by atoms with Crippen molar-refractivity contribution < 1.29 is 19.1 Å². The topological polar surface area (TPSA) is 116 Å². The number of amides is 1. The fourth-order valence-corrected chi connectivity index (χ4v) is 2.85. The van der Waals surface area contributed by atoms with E-state index in [2.05, 4.69) is 25.6 Å². The van der Waals surface area contributed by atoms with Crippen molar-refractivity contribution in [2.24, 2.45) is 5.92 Å². The number of rotatable bonds is 8. The van der Waals surface area contributed by atoms with Gasteiger partial charge in [0.15, 0.2) is 5.12 Å². The molecular weight excluding hydrogens is 358 g/mol. The average Bonchev–Trinajstić information content (AvgIpc) is 3.05. The quantitative estimate of drug-likeness (QED) is 0.675. The number of hydrogen-bond acceptors (Lipinski definition) is 8. The van der Waals surface area contributed by atoms with E-state index >= 15 is 0 Å². The van der Waals surface area contributed by atoms with Crippen molar-refractivity contribution in [2.45, 2.75) is 19.9 Å². The van der Waals surface area contributed by atoms with Crippen LogP contribution >= 0.6 is 11.8 Å². The molecule has 0 aliphatic carbocycles. The van der Waals surface area contributed by atoms with Crippen LogP contribution in [-0.2, 0) is 32.1 Å². The van der Waals surface area contributed by atoms with Crippen LogP contribution < -0.4 is 5.32 Å². The Hall–Kier alpha value is -2.75. The van der Waals surface area contributed by atoms with Crippen LogP contribution in [0, 0.1) is 5.92 Å². The summed E-state index contributed by atoms with van der Waals surface area (Å²) in [4.78, 5) is 35.3. The van der Waals surface area contributed by atoms with Crippen molar-refractivity contribution in [3.05, 3.63) is 35.9 Å². The number of aromatic nitrogens is 4. The summed E-state index contributed by atoms with van der Waals surface area (Å²) in [5.74, 6) is -0.959.